The van der Waals surface area contributed by atoms with Crippen LogP contribution < -0.4 is 5.32 Å². The van der Waals surface area contributed by atoms with Gasteiger partial charge in [-0.15, -0.1) is 0 Å². The maximum absolute atomic E-state index is 13.3. The number of benzene rings is 1. The molecule has 3 atom stereocenters. The highest BCUT2D eigenvalue weighted by atomic mass is 19.1. The highest BCUT2D eigenvalue weighted by molar-refractivity contribution is 5.83. The smallest absolute Gasteiger partial charge is 0.224 e. The molecule has 136 valence electrons. The molecule has 1 amide bonds. The molecule has 0 saturated heterocycles. The molecule has 0 bridgehead atoms. The second kappa shape index (κ2) is 5.94. The second-order valence-corrected chi connectivity index (χ2v) is 7.12. The van der Waals surface area contributed by atoms with Gasteiger partial charge in [0.15, 0.2) is 0 Å². The molecule has 1 N–H and O–H groups in total. The SMILES string of the molecule is C[C@@H](NC(=O)[C@@H]1C[C@@H]1c1ncc2ccccn12)c1cc2cc(F)ccc2o1. The number of carbonyl (C=O) groups is 1. The minimum atomic E-state index is -0.306. The zero-order valence-electron chi connectivity index (χ0n) is 14.7. The Morgan fingerprint density at radius 2 is 2.22 bits per heavy atom. The Morgan fingerprint density at radius 3 is 3.11 bits per heavy atom. The Morgan fingerprint density at radius 1 is 1.33 bits per heavy atom. The Bertz CT molecular complexity index is 1160. The fourth-order valence-corrected chi connectivity index (χ4v) is 3.65. The van der Waals surface area contributed by atoms with Crippen molar-refractivity contribution in [3.8, 4) is 0 Å². The van der Waals surface area contributed by atoms with Gasteiger partial charge in [-0.1, -0.05) is 6.07 Å². The molecule has 3 heterocycles. The van der Waals surface area contributed by atoms with Gasteiger partial charge >= 0.3 is 0 Å². The molecule has 1 aliphatic rings. The van der Waals surface area contributed by atoms with Crippen molar-refractivity contribution in [1.82, 2.24) is 14.7 Å². The van der Waals surface area contributed by atoms with E-state index in [0.29, 0.717) is 16.7 Å². The normalized spacial score (nSPS) is 20.1. The van der Waals surface area contributed by atoms with E-state index in [9.17, 15) is 9.18 Å². The number of hydrogen-bond donors (Lipinski definition) is 1. The van der Waals surface area contributed by atoms with Gasteiger partial charge in [-0.3, -0.25) is 4.79 Å². The van der Waals surface area contributed by atoms with E-state index >= 15 is 0 Å². The van der Waals surface area contributed by atoms with E-state index < -0.39 is 0 Å². The predicted octanol–water partition coefficient (Wildman–Crippen LogP) is 4.20. The van der Waals surface area contributed by atoms with Crippen LogP contribution >= 0.6 is 0 Å². The Labute approximate surface area is 154 Å². The Kier molecular flexibility index (Phi) is 3.53. The monoisotopic (exact) mass is 363 g/mol. The zero-order valence-corrected chi connectivity index (χ0v) is 14.7. The first-order valence-electron chi connectivity index (χ1n) is 9.01. The predicted molar refractivity (Wildman–Crippen MR) is 98.8 cm³/mol. The van der Waals surface area contributed by atoms with Gasteiger partial charge in [0.2, 0.25) is 5.91 Å². The number of furan rings is 1. The van der Waals surface area contributed by atoms with Crippen LogP contribution in [0.15, 0.2) is 59.3 Å². The summed E-state index contributed by atoms with van der Waals surface area (Å²) in [5.41, 5.74) is 1.64. The number of nitrogens with one attached hydrogen (secondary N) is 1. The number of amides is 1. The number of aromatic nitrogens is 2. The van der Waals surface area contributed by atoms with E-state index in [-0.39, 0.29) is 29.6 Å². The molecule has 0 unspecified atom stereocenters. The van der Waals surface area contributed by atoms with Crippen molar-refractivity contribution >= 4 is 22.4 Å². The lowest BCUT2D eigenvalue weighted by Gasteiger charge is -2.11. The number of halogens is 1. The summed E-state index contributed by atoms with van der Waals surface area (Å²) in [7, 11) is 0. The summed E-state index contributed by atoms with van der Waals surface area (Å²) in [6.45, 7) is 1.87. The van der Waals surface area contributed by atoms with Gasteiger partial charge in [0.25, 0.3) is 0 Å². The van der Waals surface area contributed by atoms with Crippen molar-refractivity contribution in [3.05, 3.63) is 72.3 Å². The van der Waals surface area contributed by atoms with Crippen LogP contribution in [0.25, 0.3) is 16.5 Å². The number of carbonyl (C=O) groups excluding carboxylic acids is 1. The van der Waals surface area contributed by atoms with Crippen LogP contribution in [0, 0.1) is 11.7 Å². The lowest BCUT2D eigenvalue weighted by molar-refractivity contribution is -0.123. The van der Waals surface area contributed by atoms with Gasteiger partial charge < -0.3 is 14.1 Å². The number of pyridine rings is 1. The fourth-order valence-electron chi connectivity index (χ4n) is 3.65. The highest BCUT2D eigenvalue weighted by Crippen LogP contribution is 2.47. The molecule has 6 heteroatoms. The first-order valence-corrected chi connectivity index (χ1v) is 9.01. The molecular formula is C21H18FN3O2. The summed E-state index contributed by atoms with van der Waals surface area (Å²) in [5, 5.41) is 3.70. The molecule has 1 aliphatic carbocycles. The van der Waals surface area contributed by atoms with Gasteiger partial charge in [-0.25, -0.2) is 9.37 Å². The summed E-state index contributed by atoms with van der Waals surface area (Å²) >= 11 is 0. The lowest BCUT2D eigenvalue weighted by Crippen LogP contribution is -2.28. The molecule has 27 heavy (non-hydrogen) atoms. The molecule has 0 radical (unpaired) electrons. The van der Waals surface area contributed by atoms with Crippen molar-refractivity contribution < 1.29 is 13.6 Å². The van der Waals surface area contributed by atoms with Gasteiger partial charge in [0.1, 0.15) is 23.0 Å². The minimum Gasteiger partial charge on any atom is -0.459 e. The lowest BCUT2D eigenvalue weighted by atomic mass is 10.2. The molecule has 0 aliphatic heterocycles. The summed E-state index contributed by atoms with van der Waals surface area (Å²) in [5.74, 6) is 1.28. The maximum atomic E-state index is 13.3. The minimum absolute atomic E-state index is 0.00758. The maximum Gasteiger partial charge on any atom is 0.224 e. The first-order chi connectivity index (χ1) is 13.1. The largest absolute Gasteiger partial charge is 0.459 e. The highest BCUT2D eigenvalue weighted by Gasteiger charge is 2.46. The molecule has 1 aromatic carbocycles. The third-order valence-electron chi connectivity index (χ3n) is 5.21. The van der Waals surface area contributed by atoms with Crippen molar-refractivity contribution in [3.63, 3.8) is 0 Å². The van der Waals surface area contributed by atoms with Crippen molar-refractivity contribution in [2.75, 3.05) is 0 Å². The van der Waals surface area contributed by atoms with Gasteiger partial charge in [-0.2, -0.15) is 0 Å². The van der Waals surface area contributed by atoms with E-state index in [0.717, 1.165) is 17.8 Å². The number of fused-ring (bicyclic) bond motifs is 2. The average molecular weight is 363 g/mol. The Balaban J connectivity index is 1.30. The van der Waals surface area contributed by atoms with E-state index in [1.54, 1.807) is 12.1 Å². The number of imidazole rings is 1. The van der Waals surface area contributed by atoms with E-state index in [1.165, 1.54) is 12.1 Å². The van der Waals surface area contributed by atoms with Crippen molar-refractivity contribution in [2.24, 2.45) is 5.92 Å². The van der Waals surface area contributed by atoms with E-state index in [2.05, 4.69) is 10.3 Å². The molecule has 1 fully saturated rings. The number of rotatable bonds is 4. The van der Waals surface area contributed by atoms with Crippen LogP contribution in [0.3, 0.4) is 0 Å². The molecule has 1 saturated carbocycles. The Hall–Kier alpha value is -3.15. The van der Waals surface area contributed by atoms with Crippen LogP contribution in [0.1, 0.15) is 36.9 Å². The molecule has 5 nitrogen and oxygen atoms in total. The molecule has 5 rings (SSSR count). The molecule has 0 spiro atoms. The van der Waals surface area contributed by atoms with Crippen LogP contribution in [0.4, 0.5) is 4.39 Å². The topological polar surface area (TPSA) is 59.5 Å². The third-order valence-corrected chi connectivity index (χ3v) is 5.21. The average Bonchev–Trinajstić information content (AvgIpc) is 3.16. The first kappa shape index (κ1) is 16.1. The fraction of sp³-hybridized carbons (Fsp3) is 0.238. The zero-order chi connectivity index (χ0) is 18.5. The summed E-state index contributed by atoms with van der Waals surface area (Å²) in [6.07, 6.45) is 4.60. The van der Waals surface area contributed by atoms with Gasteiger partial charge in [-0.05, 0) is 49.7 Å². The van der Waals surface area contributed by atoms with E-state index in [1.807, 2.05) is 41.9 Å². The standard InChI is InChI=1S/C21H18FN3O2/c1-12(19-9-13-8-14(22)5-6-18(13)27-19)24-21(26)17-10-16(17)20-23-11-15-4-2-3-7-25(15)20/h2-9,11-12,16-17H,10H2,1H3,(H,24,26)/t12-,16+,17-/m1/s1. The summed E-state index contributed by atoms with van der Waals surface area (Å²) < 4.78 is 21.1. The van der Waals surface area contributed by atoms with Crippen LogP contribution in [-0.4, -0.2) is 15.3 Å². The van der Waals surface area contributed by atoms with Crippen molar-refractivity contribution in [2.45, 2.75) is 25.3 Å². The third kappa shape index (κ3) is 2.77. The van der Waals surface area contributed by atoms with Crippen LogP contribution in [0.5, 0.6) is 0 Å². The van der Waals surface area contributed by atoms with E-state index in [4.69, 9.17) is 4.42 Å². The summed E-state index contributed by atoms with van der Waals surface area (Å²) in [4.78, 5) is 17.1. The molecule has 4 aromatic rings. The molecule has 3 aromatic heterocycles. The second-order valence-electron chi connectivity index (χ2n) is 7.12. The number of nitrogens with zero attached hydrogens (tertiary/aromatic N) is 2. The quantitative estimate of drug-likeness (QED) is 0.591. The van der Waals surface area contributed by atoms with Crippen LogP contribution in [-0.2, 0) is 4.79 Å². The van der Waals surface area contributed by atoms with Crippen molar-refractivity contribution in [1.29, 1.82) is 0 Å². The summed E-state index contributed by atoms with van der Waals surface area (Å²) in [6, 6.07) is 11.8. The van der Waals surface area contributed by atoms with Gasteiger partial charge in [0.05, 0.1) is 17.8 Å². The van der Waals surface area contributed by atoms with Crippen LogP contribution in [0.2, 0.25) is 0 Å². The number of hydrogen-bond acceptors (Lipinski definition) is 3. The van der Waals surface area contributed by atoms with Gasteiger partial charge in [0, 0.05) is 23.4 Å². The molecular weight excluding hydrogens is 345 g/mol.